The van der Waals surface area contributed by atoms with Crippen molar-refractivity contribution in [3.8, 4) is 0 Å². The molecule has 12 heteroatoms. The average Bonchev–Trinajstić information content (AvgIpc) is 2.56. The molecule has 0 aromatic carbocycles. The first-order valence-electron chi connectivity index (χ1n) is 35.9. The molecule has 1 aliphatic rings. The van der Waals surface area contributed by atoms with Crippen molar-refractivity contribution in [2.75, 3.05) is 13.2 Å². The van der Waals surface area contributed by atoms with Crippen LogP contribution in [0.1, 0.15) is 329 Å². The SMILES string of the molecule is CCCCC/C=C\C/C=C\C/C=C\CCCCCCCCC(=O)OCC(COC1OC(C(=O)O)C(O)C(O)C1OC(=O)CCCCCCCC/C=C\C/C=C\C/C=C\CCCCC)OC(=O)CCCCCCCCCCCCCCCCCCCCC. The van der Waals surface area contributed by atoms with Gasteiger partial charge in [0.15, 0.2) is 24.6 Å². The number of allylic oxidation sites excluding steroid dienone is 12. The molecule has 0 bridgehead atoms. The fourth-order valence-corrected chi connectivity index (χ4v) is 10.7. The third-order valence-corrected chi connectivity index (χ3v) is 16.3. The van der Waals surface area contributed by atoms with Crippen molar-refractivity contribution in [2.45, 2.75) is 366 Å². The number of esters is 3. The van der Waals surface area contributed by atoms with Crippen LogP contribution in [0.5, 0.6) is 0 Å². The lowest BCUT2D eigenvalue weighted by Gasteiger charge is -2.40. The van der Waals surface area contributed by atoms with Crippen LogP contribution >= 0.6 is 0 Å². The number of aliphatic hydroxyl groups excluding tert-OH is 2. The Labute approximate surface area is 531 Å². The van der Waals surface area contributed by atoms with Crippen LogP contribution in [-0.4, -0.2) is 89.2 Å². The molecular formula is C75H130O12. The maximum atomic E-state index is 13.3. The van der Waals surface area contributed by atoms with Gasteiger partial charge in [0, 0.05) is 19.3 Å². The number of hydrogen-bond acceptors (Lipinski definition) is 11. The molecule has 87 heavy (non-hydrogen) atoms. The van der Waals surface area contributed by atoms with Crippen LogP contribution in [0.4, 0.5) is 0 Å². The normalized spacial score (nSPS) is 17.7. The first-order valence-corrected chi connectivity index (χ1v) is 35.9. The maximum Gasteiger partial charge on any atom is 0.335 e. The van der Waals surface area contributed by atoms with Crippen molar-refractivity contribution in [1.82, 2.24) is 0 Å². The zero-order chi connectivity index (χ0) is 63.1. The largest absolute Gasteiger partial charge is 0.479 e. The predicted octanol–water partition coefficient (Wildman–Crippen LogP) is 20.0. The van der Waals surface area contributed by atoms with E-state index in [9.17, 15) is 34.5 Å². The summed E-state index contributed by atoms with van der Waals surface area (Å²) in [4.78, 5) is 51.5. The van der Waals surface area contributed by atoms with E-state index in [2.05, 4.69) is 93.7 Å². The summed E-state index contributed by atoms with van der Waals surface area (Å²) in [6.07, 6.45) is 68.4. The quantitative estimate of drug-likeness (QED) is 0.0228. The predicted molar refractivity (Wildman–Crippen MR) is 358 cm³/mol. The Morgan fingerprint density at radius 2 is 0.690 bits per heavy atom. The Morgan fingerprint density at radius 1 is 0.379 bits per heavy atom. The van der Waals surface area contributed by atoms with Gasteiger partial charge in [-0.1, -0.05) is 286 Å². The van der Waals surface area contributed by atoms with E-state index in [1.165, 1.54) is 148 Å². The highest BCUT2D eigenvalue weighted by molar-refractivity contribution is 5.74. The Kier molecular flexibility index (Phi) is 58.2. The summed E-state index contributed by atoms with van der Waals surface area (Å²) in [7, 11) is 0. The molecule has 1 aliphatic heterocycles. The van der Waals surface area contributed by atoms with Gasteiger partial charge < -0.3 is 39.0 Å². The topological polar surface area (TPSA) is 175 Å². The fraction of sp³-hybridized carbons (Fsp3) is 0.787. The molecule has 1 fully saturated rings. The van der Waals surface area contributed by atoms with Crippen molar-refractivity contribution in [3.05, 3.63) is 72.9 Å². The molecule has 0 aromatic heterocycles. The van der Waals surface area contributed by atoms with E-state index in [0.29, 0.717) is 19.3 Å². The van der Waals surface area contributed by atoms with Crippen molar-refractivity contribution in [1.29, 1.82) is 0 Å². The summed E-state index contributed by atoms with van der Waals surface area (Å²) in [5, 5.41) is 31.7. The Balaban J connectivity index is 2.64. The van der Waals surface area contributed by atoms with Crippen LogP contribution < -0.4 is 0 Å². The van der Waals surface area contributed by atoms with Crippen LogP contribution in [0, 0.1) is 0 Å². The molecule has 1 rings (SSSR count). The van der Waals surface area contributed by atoms with Gasteiger partial charge in [-0.25, -0.2) is 4.79 Å². The minimum absolute atomic E-state index is 0.0444. The van der Waals surface area contributed by atoms with E-state index in [1.807, 2.05) is 0 Å². The highest BCUT2D eigenvalue weighted by Crippen LogP contribution is 2.27. The van der Waals surface area contributed by atoms with Gasteiger partial charge in [0.1, 0.15) is 18.8 Å². The lowest BCUT2D eigenvalue weighted by atomic mass is 9.98. The Morgan fingerprint density at radius 3 is 1.07 bits per heavy atom. The molecule has 0 aromatic rings. The van der Waals surface area contributed by atoms with Gasteiger partial charge in [-0.05, 0) is 96.3 Å². The van der Waals surface area contributed by atoms with Crippen LogP contribution in [-0.2, 0) is 42.9 Å². The molecule has 0 saturated carbocycles. The second kappa shape index (κ2) is 62.4. The number of aliphatic carboxylic acids is 1. The first kappa shape index (κ1) is 81.2. The summed E-state index contributed by atoms with van der Waals surface area (Å²) >= 11 is 0. The lowest BCUT2D eigenvalue weighted by molar-refractivity contribution is -0.301. The number of carbonyl (C=O) groups excluding carboxylic acids is 3. The van der Waals surface area contributed by atoms with Crippen molar-refractivity contribution in [2.24, 2.45) is 0 Å². The van der Waals surface area contributed by atoms with Crippen molar-refractivity contribution < 1.29 is 58.2 Å². The van der Waals surface area contributed by atoms with Crippen molar-refractivity contribution >= 4 is 23.9 Å². The number of carboxylic acid groups (broad SMARTS) is 1. The average molecular weight is 1220 g/mol. The minimum Gasteiger partial charge on any atom is -0.479 e. The number of carbonyl (C=O) groups is 4. The van der Waals surface area contributed by atoms with Crippen LogP contribution in [0.3, 0.4) is 0 Å². The summed E-state index contributed by atoms with van der Waals surface area (Å²) in [5.74, 6) is -3.13. The minimum atomic E-state index is -1.91. The molecule has 12 nitrogen and oxygen atoms in total. The highest BCUT2D eigenvalue weighted by atomic mass is 16.7. The monoisotopic (exact) mass is 1220 g/mol. The smallest absolute Gasteiger partial charge is 0.335 e. The zero-order valence-electron chi connectivity index (χ0n) is 55.8. The van der Waals surface area contributed by atoms with Crippen molar-refractivity contribution in [3.63, 3.8) is 0 Å². The van der Waals surface area contributed by atoms with E-state index in [4.69, 9.17) is 23.7 Å². The van der Waals surface area contributed by atoms with Gasteiger partial charge in [0.05, 0.1) is 6.61 Å². The summed E-state index contributed by atoms with van der Waals surface area (Å²) in [6, 6.07) is 0. The molecule has 0 aliphatic carbocycles. The van der Waals surface area contributed by atoms with E-state index in [1.54, 1.807) is 0 Å². The van der Waals surface area contributed by atoms with Crippen LogP contribution in [0.25, 0.3) is 0 Å². The third-order valence-electron chi connectivity index (χ3n) is 16.3. The second-order valence-corrected chi connectivity index (χ2v) is 24.5. The molecule has 3 N–H and O–H groups in total. The lowest BCUT2D eigenvalue weighted by Crippen LogP contribution is -2.61. The third kappa shape index (κ3) is 51.6. The number of carboxylic acids is 1. The van der Waals surface area contributed by atoms with Gasteiger partial charge in [0.25, 0.3) is 0 Å². The maximum absolute atomic E-state index is 13.3. The van der Waals surface area contributed by atoms with Gasteiger partial charge in [-0.3, -0.25) is 14.4 Å². The van der Waals surface area contributed by atoms with Crippen LogP contribution in [0.15, 0.2) is 72.9 Å². The zero-order valence-corrected chi connectivity index (χ0v) is 55.8. The fourth-order valence-electron chi connectivity index (χ4n) is 10.7. The van der Waals surface area contributed by atoms with Gasteiger partial charge in [0.2, 0.25) is 0 Å². The van der Waals surface area contributed by atoms with Gasteiger partial charge in [-0.15, -0.1) is 0 Å². The molecule has 0 amide bonds. The first-order chi connectivity index (χ1) is 42.6. The number of hydrogen-bond donors (Lipinski definition) is 3. The second-order valence-electron chi connectivity index (χ2n) is 24.5. The van der Waals surface area contributed by atoms with Gasteiger partial charge in [-0.2, -0.15) is 0 Å². The Hall–Kier alpha value is -3.84. The summed E-state index contributed by atoms with van der Waals surface area (Å²) in [6.45, 7) is 5.99. The molecule has 6 unspecified atom stereocenters. The summed E-state index contributed by atoms with van der Waals surface area (Å²) in [5.41, 5.74) is 0. The highest BCUT2D eigenvalue weighted by Gasteiger charge is 2.50. The number of aliphatic hydroxyl groups is 2. The van der Waals surface area contributed by atoms with E-state index in [0.717, 1.165) is 122 Å². The number of unbranched alkanes of at least 4 members (excludes halogenated alkanes) is 36. The Bertz CT molecular complexity index is 1790. The molecule has 0 spiro atoms. The molecule has 6 atom stereocenters. The number of rotatable bonds is 62. The molecule has 502 valence electrons. The molecular weight excluding hydrogens is 1090 g/mol. The van der Waals surface area contributed by atoms with E-state index >= 15 is 0 Å². The molecule has 1 saturated heterocycles. The standard InChI is InChI=1S/C75H130O12/c1-4-7-10-13-16-19-22-25-28-31-34-37-40-43-46-49-52-55-58-61-67(76)83-64-66(85-68(77)62-59-56-53-50-47-44-41-38-35-32-29-26-23-20-17-14-11-8-5-2)65-84-75-73(71(80)70(79)72(87-75)74(81)82)86-69(78)63-60-57-54-51-48-45-42-39-36-33-30-27-24-21-18-15-12-9-6-3/h16,18-19,21,25,27-28,30,34,36-37,39,66,70-73,75,79-80H,4-15,17,20,22-24,26,29,31-33,35,38,40-65H2,1-3H3,(H,81,82)/b19-16-,21-18-,28-25-,30-27-,37-34-,39-36-. The van der Waals surface area contributed by atoms with E-state index < -0.39 is 67.3 Å². The molecule has 0 radical (unpaired) electrons. The summed E-state index contributed by atoms with van der Waals surface area (Å²) < 4.78 is 28.6. The molecule has 1 heterocycles. The number of ether oxygens (including phenoxy) is 5. The van der Waals surface area contributed by atoms with Gasteiger partial charge >= 0.3 is 23.9 Å². The van der Waals surface area contributed by atoms with Crippen LogP contribution in [0.2, 0.25) is 0 Å². The van der Waals surface area contributed by atoms with E-state index in [-0.39, 0.29) is 25.9 Å².